The standard InChI is InChI=1S/C31H22NO.C30H21NO.C27H20NO.C26H19NO.2Be/c1-31(2)28-23-12-11-18-7-5-6-10-22(18)25(23)15-26-27(28)30-29(31)24-14-20-9-4-3-8-19(20)13-21(24)16-32(30)17-33-26;1-30(2)27-23-14-19-9-4-3-8-18(19)13-21(23)16-31-29(27)26-24(32)15-20-12-11-17-7-5-6-10-22(17)25(20)28(26)30;1-27(2)24-20-10-6-5-9-18(20)13-22-23(24)26-25(27)21-12-17-8-4-3-7-16(17)11-19(21)14-28(26)15-29-22;1-26(2)23-19-10-6-4-8-17(19)14-27-25(23)22-20(28)13-16-12-11-15-7-3-5-9-18(15)21(16)24(22)26;;/h3-16H,17H2,1-2H3;3-16,32H,1-2H3;3-14H,15H2,1-2H3;3-14,28H,1-2H3;;/q+1;;+1;;2*+2. The fraction of sp³-hybridized carbons (Fsp3) is 0.123. The molecule has 2 N–H and O–H groups in total. The molecule has 4 aromatic heterocycles. The minimum Gasteiger partial charge on any atom is -0.872 e. The molecule has 0 unspecified atom stereocenters. The minimum absolute atomic E-state index is 0. The Labute approximate surface area is 724 Å². The minimum atomic E-state index is -0.314. The van der Waals surface area contributed by atoms with Crippen molar-refractivity contribution >= 4 is 171 Å². The van der Waals surface area contributed by atoms with E-state index in [0.29, 0.717) is 13.5 Å². The zero-order chi connectivity index (χ0) is 81.9. The molecule has 4 aliphatic carbocycles. The van der Waals surface area contributed by atoms with Crippen molar-refractivity contribution in [2.45, 2.75) is 90.5 Å². The van der Waals surface area contributed by atoms with Crippen LogP contribution < -0.4 is 38.8 Å². The van der Waals surface area contributed by atoms with E-state index in [1.807, 2.05) is 12.3 Å². The predicted molar refractivity (Wildman–Crippen MR) is 506 cm³/mol. The van der Waals surface area contributed by atoms with Crippen molar-refractivity contribution in [1.82, 2.24) is 0 Å². The van der Waals surface area contributed by atoms with Gasteiger partial charge in [-0.05, 0) is 206 Å². The van der Waals surface area contributed by atoms with E-state index in [-0.39, 0.29) is 53.4 Å². The third kappa shape index (κ3) is 10.3. The summed E-state index contributed by atoms with van der Waals surface area (Å²) in [5.41, 5.74) is 18.3. The van der Waals surface area contributed by atoms with Crippen molar-refractivity contribution in [3.63, 3.8) is 0 Å². The number of rotatable bonds is 0. The van der Waals surface area contributed by atoms with Crippen molar-refractivity contribution < 1.29 is 38.8 Å². The first-order valence-electron chi connectivity index (χ1n) is 42.6. The van der Waals surface area contributed by atoms with Gasteiger partial charge in [-0.15, -0.1) is 0 Å². The van der Waals surface area contributed by atoms with Gasteiger partial charge < -0.3 is 19.7 Å². The first-order valence-corrected chi connectivity index (χ1v) is 42.6. The Balaban J connectivity index is 0.0000000952. The van der Waals surface area contributed by atoms with Crippen LogP contribution in [0.15, 0.2) is 316 Å². The summed E-state index contributed by atoms with van der Waals surface area (Å²) in [4.78, 5) is 6.98. The van der Waals surface area contributed by atoms with Crippen LogP contribution in [0.3, 0.4) is 0 Å². The molecule has 6 heterocycles. The second kappa shape index (κ2) is 26.6. The number of hydrogen-bond donors (Lipinski definition) is 0. The van der Waals surface area contributed by atoms with Gasteiger partial charge in [0.05, 0.1) is 11.1 Å². The van der Waals surface area contributed by atoms with Gasteiger partial charge in [0.15, 0.2) is 24.8 Å². The number of nitrogens with one attached hydrogen (secondary N) is 2. The Morgan fingerprint density at radius 3 is 1.06 bits per heavy atom. The van der Waals surface area contributed by atoms with E-state index >= 15 is 0 Å². The van der Waals surface area contributed by atoms with E-state index in [0.717, 1.165) is 55.9 Å². The van der Waals surface area contributed by atoms with E-state index in [1.165, 1.54) is 196 Å². The molecule has 28 rings (SSSR count). The maximum absolute atomic E-state index is 13.4. The van der Waals surface area contributed by atoms with E-state index in [2.05, 4.69) is 372 Å². The van der Waals surface area contributed by atoms with Gasteiger partial charge in [-0.25, -0.2) is 9.97 Å². The smallest absolute Gasteiger partial charge is 0.872 e. The summed E-state index contributed by atoms with van der Waals surface area (Å²) in [6.07, 6.45) is 8.62. The normalized spacial score (nSPS) is 14.7. The van der Waals surface area contributed by atoms with Crippen LogP contribution in [0.25, 0.3) is 196 Å². The molecule has 22 aromatic rings. The van der Waals surface area contributed by atoms with Gasteiger partial charge >= 0.3 is 20.2 Å². The van der Waals surface area contributed by atoms with E-state index in [9.17, 15) is 10.2 Å². The third-order valence-corrected chi connectivity index (χ3v) is 28.4. The monoisotopic (exact) mass is 1590 g/mol. The molecular formula is C114H82Be2N4O4+6. The number of nitrogens with zero attached hydrogens (tertiary/aromatic N) is 2. The molecule has 2 aliphatic heterocycles. The molecule has 0 atom stereocenters. The van der Waals surface area contributed by atoms with Crippen LogP contribution in [0.5, 0.6) is 23.0 Å². The molecule has 0 fully saturated rings. The van der Waals surface area contributed by atoms with Crippen molar-refractivity contribution in [1.29, 1.82) is 0 Å². The molecule has 0 saturated heterocycles. The topological polar surface area (TPSA) is 101 Å². The molecule has 18 aromatic carbocycles. The van der Waals surface area contributed by atoms with Gasteiger partial charge in [-0.1, -0.05) is 303 Å². The van der Waals surface area contributed by atoms with Crippen molar-refractivity contribution in [3.05, 3.63) is 360 Å². The van der Waals surface area contributed by atoms with Crippen LogP contribution in [-0.4, -0.2) is 20.2 Å². The summed E-state index contributed by atoms with van der Waals surface area (Å²) < 4.78 is 17.3. The molecule has 10 heteroatoms. The van der Waals surface area contributed by atoms with Crippen LogP contribution in [0, 0.1) is 0 Å². The van der Waals surface area contributed by atoms with Crippen LogP contribution in [0.4, 0.5) is 0 Å². The molecule has 0 spiro atoms. The predicted octanol–water partition coefficient (Wildman–Crippen LogP) is 24.4. The van der Waals surface area contributed by atoms with Crippen LogP contribution in [0.2, 0.25) is 0 Å². The number of aromatic amines is 2. The van der Waals surface area contributed by atoms with Crippen molar-refractivity contribution in [2.24, 2.45) is 0 Å². The number of fused-ring (bicyclic) bond motifs is 31. The Hall–Kier alpha value is -14.3. The third-order valence-electron chi connectivity index (χ3n) is 28.4. The Morgan fingerprint density at radius 1 is 0.250 bits per heavy atom. The Bertz CT molecular complexity index is 8560. The molecule has 124 heavy (non-hydrogen) atoms. The zero-order valence-corrected chi connectivity index (χ0v) is 70.4. The fourth-order valence-corrected chi connectivity index (χ4v) is 23.3. The van der Waals surface area contributed by atoms with Crippen molar-refractivity contribution in [2.75, 3.05) is 0 Å². The van der Waals surface area contributed by atoms with E-state index in [4.69, 9.17) is 9.47 Å². The number of hydrogen-bond acceptors (Lipinski definition) is 4. The Kier molecular flexibility index (Phi) is 16.1. The van der Waals surface area contributed by atoms with Gasteiger partial charge in [-0.3, -0.25) is 0 Å². The number of ether oxygens (including phenoxy) is 2. The number of H-pyrrole nitrogens is 2. The first kappa shape index (κ1) is 74.8. The van der Waals surface area contributed by atoms with Gasteiger partial charge in [0.2, 0.25) is 22.8 Å². The molecule has 0 amide bonds. The van der Waals surface area contributed by atoms with Crippen LogP contribution in [0.1, 0.15) is 99.9 Å². The van der Waals surface area contributed by atoms with Gasteiger partial charge in [0.1, 0.15) is 11.5 Å². The van der Waals surface area contributed by atoms with Gasteiger partial charge in [0, 0.05) is 76.6 Å². The molecule has 6 aliphatic rings. The SMILES string of the molecule is CC1(C)c2c([nH+]cc3cc4ccccc4cc23)-c2c([O-])cc3ccc4ccccc4c3c21.CC1(C)c2c([nH+]cc3ccccc23)-c2c([O-])cc3ccc4ccccc4c3c21.CC1(C)c2c3[n+](cc4cc5ccccc5cc24)COc2cc4c(ccc5ccccc54)c1c2-3.CC1(C)c2c3c(cc4ccccc24)OC[n+]2cc4cc5ccccc5cc4c1c2-3.[Be+2].[Be+2]. The zero-order valence-electron chi connectivity index (χ0n) is 70.4. The Morgan fingerprint density at radius 2 is 0.581 bits per heavy atom. The van der Waals surface area contributed by atoms with E-state index < -0.39 is 0 Å². The molecule has 0 radical (unpaired) electrons. The first-order chi connectivity index (χ1) is 59.3. The summed E-state index contributed by atoms with van der Waals surface area (Å²) in [7, 11) is 0. The largest absolute Gasteiger partial charge is 2.00 e. The molecular weight excluding hydrogens is 1510 g/mol. The fourth-order valence-electron chi connectivity index (χ4n) is 23.3. The van der Waals surface area contributed by atoms with Crippen LogP contribution in [-0.2, 0) is 35.1 Å². The maximum atomic E-state index is 13.4. The average molecular weight is 1590 g/mol. The summed E-state index contributed by atoms with van der Waals surface area (Å²) >= 11 is 0. The summed E-state index contributed by atoms with van der Waals surface area (Å²) in [6.45, 7) is 19.7. The number of pyridine rings is 4. The molecule has 8 nitrogen and oxygen atoms in total. The second-order valence-corrected chi connectivity index (χ2v) is 36.6. The number of aromatic nitrogens is 4. The number of benzene rings is 18. The van der Waals surface area contributed by atoms with Gasteiger partial charge in [-0.2, -0.15) is 9.13 Å². The summed E-state index contributed by atoms with van der Waals surface area (Å²) in [5.74, 6) is 2.22. The quantitative estimate of drug-likeness (QED) is 0.0653. The van der Waals surface area contributed by atoms with Crippen molar-refractivity contribution in [3.8, 4) is 68.0 Å². The second-order valence-electron chi connectivity index (χ2n) is 36.6. The average Bonchev–Trinajstić information content (AvgIpc) is 1.53. The summed E-state index contributed by atoms with van der Waals surface area (Å²) in [5, 5.41) is 61.3. The molecule has 580 valence electrons. The van der Waals surface area contributed by atoms with Crippen LogP contribution >= 0.6 is 0 Å². The van der Waals surface area contributed by atoms with Gasteiger partial charge in [0.25, 0.3) is 13.5 Å². The molecule has 0 bridgehead atoms. The molecule has 0 saturated carbocycles. The van der Waals surface area contributed by atoms with E-state index in [1.54, 1.807) is 6.07 Å². The summed E-state index contributed by atoms with van der Waals surface area (Å²) in [6, 6.07) is 104. The maximum Gasteiger partial charge on any atom is 2.00 e.